The highest BCUT2D eigenvalue weighted by Crippen LogP contribution is 2.27. The lowest BCUT2D eigenvalue weighted by Gasteiger charge is -2.13. The van der Waals surface area contributed by atoms with Crippen LogP contribution in [-0.2, 0) is 0 Å². The van der Waals surface area contributed by atoms with Crippen LogP contribution in [0.25, 0.3) is 0 Å². The standard InChI is InChI=1S/C13H14N2O/c1-9-5-6-12(16)10(8-9)13(14)11-4-2-3-7-15-11/h2-8,13,16H,14H2,1H3. The van der Waals surface area contributed by atoms with Gasteiger partial charge in [-0.25, -0.2) is 0 Å². The van der Waals surface area contributed by atoms with Crippen LogP contribution in [0.15, 0.2) is 42.6 Å². The second-order valence-electron chi connectivity index (χ2n) is 3.79. The van der Waals surface area contributed by atoms with E-state index in [4.69, 9.17) is 5.73 Å². The lowest BCUT2D eigenvalue weighted by atomic mass is 10.0. The van der Waals surface area contributed by atoms with Gasteiger partial charge in [-0.05, 0) is 25.1 Å². The number of hydrogen-bond donors (Lipinski definition) is 2. The molecule has 0 bridgehead atoms. The zero-order valence-electron chi connectivity index (χ0n) is 9.09. The number of aromatic nitrogens is 1. The topological polar surface area (TPSA) is 59.1 Å². The smallest absolute Gasteiger partial charge is 0.120 e. The summed E-state index contributed by atoms with van der Waals surface area (Å²) in [6.07, 6.45) is 1.70. The Morgan fingerprint density at radius 1 is 1.25 bits per heavy atom. The van der Waals surface area contributed by atoms with Gasteiger partial charge in [-0.15, -0.1) is 0 Å². The molecule has 3 N–H and O–H groups in total. The molecule has 0 aliphatic carbocycles. The van der Waals surface area contributed by atoms with Crippen LogP contribution in [0.1, 0.15) is 22.9 Å². The summed E-state index contributed by atoms with van der Waals surface area (Å²) < 4.78 is 0. The van der Waals surface area contributed by atoms with Crippen molar-refractivity contribution in [3.63, 3.8) is 0 Å². The first-order chi connectivity index (χ1) is 7.68. The minimum absolute atomic E-state index is 0.212. The summed E-state index contributed by atoms with van der Waals surface area (Å²) in [5, 5.41) is 9.76. The zero-order valence-corrected chi connectivity index (χ0v) is 9.09. The van der Waals surface area contributed by atoms with E-state index in [2.05, 4.69) is 4.98 Å². The molecule has 1 heterocycles. The summed E-state index contributed by atoms with van der Waals surface area (Å²) in [6, 6.07) is 10.6. The van der Waals surface area contributed by atoms with E-state index in [0.717, 1.165) is 11.3 Å². The zero-order chi connectivity index (χ0) is 11.5. The molecular formula is C13H14N2O. The van der Waals surface area contributed by atoms with E-state index in [1.54, 1.807) is 12.3 Å². The van der Waals surface area contributed by atoms with Crippen LogP contribution in [0, 0.1) is 6.92 Å². The summed E-state index contributed by atoms with van der Waals surface area (Å²) in [4.78, 5) is 4.19. The van der Waals surface area contributed by atoms with Crippen LogP contribution in [-0.4, -0.2) is 10.1 Å². The fraction of sp³-hybridized carbons (Fsp3) is 0.154. The van der Waals surface area contributed by atoms with E-state index in [9.17, 15) is 5.11 Å². The van der Waals surface area contributed by atoms with Gasteiger partial charge in [0.15, 0.2) is 0 Å². The SMILES string of the molecule is Cc1ccc(O)c(C(N)c2ccccn2)c1. The highest BCUT2D eigenvalue weighted by molar-refractivity contribution is 5.41. The molecule has 1 aromatic heterocycles. The molecule has 3 nitrogen and oxygen atoms in total. The van der Waals surface area contributed by atoms with Crippen molar-refractivity contribution in [2.45, 2.75) is 13.0 Å². The number of aromatic hydroxyl groups is 1. The molecule has 0 radical (unpaired) electrons. The Morgan fingerprint density at radius 3 is 2.75 bits per heavy atom. The molecule has 0 spiro atoms. The average molecular weight is 214 g/mol. The molecule has 3 heteroatoms. The van der Waals surface area contributed by atoms with E-state index in [-0.39, 0.29) is 11.8 Å². The Hall–Kier alpha value is -1.87. The molecule has 82 valence electrons. The van der Waals surface area contributed by atoms with Gasteiger partial charge >= 0.3 is 0 Å². The molecule has 1 aromatic carbocycles. The summed E-state index contributed by atoms with van der Waals surface area (Å²) >= 11 is 0. The first-order valence-corrected chi connectivity index (χ1v) is 5.14. The maximum Gasteiger partial charge on any atom is 0.120 e. The molecule has 2 aromatic rings. The minimum Gasteiger partial charge on any atom is -0.508 e. The van der Waals surface area contributed by atoms with Crippen LogP contribution in [0.5, 0.6) is 5.75 Å². The highest BCUT2D eigenvalue weighted by atomic mass is 16.3. The summed E-state index contributed by atoms with van der Waals surface area (Å²) in [5.74, 6) is 0.212. The number of pyridine rings is 1. The van der Waals surface area contributed by atoms with Gasteiger partial charge < -0.3 is 10.8 Å². The Kier molecular flexibility index (Phi) is 2.88. The van der Waals surface area contributed by atoms with Crippen LogP contribution in [0.4, 0.5) is 0 Å². The van der Waals surface area contributed by atoms with Gasteiger partial charge in [-0.1, -0.05) is 23.8 Å². The number of benzene rings is 1. The molecule has 1 atom stereocenters. The number of nitrogens with two attached hydrogens (primary N) is 1. The lowest BCUT2D eigenvalue weighted by molar-refractivity contribution is 0.464. The van der Waals surface area contributed by atoms with Crippen molar-refractivity contribution >= 4 is 0 Å². The number of nitrogens with zero attached hydrogens (tertiary/aromatic N) is 1. The van der Waals surface area contributed by atoms with Crippen LogP contribution < -0.4 is 5.73 Å². The van der Waals surface area contributed by atoms with E-state index in [0.29, 0.717) is 5.56 Å². The fourth-order valence-electron chi connectivity index (χ4n) is 1.64. The predicted molar refractivity (Wildman–Crippen MR) is 63.1 cm³/mol. The number of phenolic OH excluding ortho intramolecular Hbond substituents is 1. The molecule has 0 amide bonds. The first kappa shape index (κ1) is 10.6. The number of aryl methyl sites for hydroxylation is 1. The Labute approximate surface area is 94.6 Å². The van der Waals surface area contributed by atoms with Crippen LogP contribution in [0.2, 0.25) is 0 Å². The normalized spacial score (nSPS) is 12.4. The highest BCUT2D eigenvalue weighted by Gasteiger charge is 2.13. The maximum absolute atomic E-state index is 9.76. The number of hydrogen-bond acceptors (Lipinski definition) is 3. The maximum atomic E-state index is 9.76. The lowest BCUT2D eigenvalue weighted by Crippen LogP contribution is -2.13. The predicted octanol–water partition coefficient (Wildman–Crippen LogP) is 2.14. The summed E-state index contributed by atoms with van der Waals surface area (Å²) in [5.41, 5.74) is 8.59. The van der Waals surface area contributed by atoms with Gasteiger partial charge in [-0.2, -0.15) is 0 Å². The fourth-order valence-corrected chi connectivity index (χ4v) is 1.64. The minimum atomic E-state index is -0.388. The summed E-state index contributed by atoms with van der Waals surface area (Å²) in [7, 11) is 0. The van der Waals surface area contributed by atoms with Crippen molar-refractivity contribution in [3.8, 4) is 5.75 Å². The van der Waals surface area contributed by atoms with E-state index < -0.39 is 0 Å². The Morgan fingerprint density at radius 2 is 2.06 bits per heavy atom. The molecule has 0 fully saturated rings. The van der Waals surface area contributed by atoms with E-state index in [1.165, 1.54) is 0 Å². The third-order valence-corrected chi connectivity index (χ3v) is 2.52. The van der Waals surface area contributed by atoms with Crippen molar-refractivity contribution in [3.05, 3.63) is 59.4 Å². The molecule has 0 aliphatic rings. The Bertz CT molecular complexity index is 483. The second kappa shape index (κ2) is 4.33. The summed E-state index contributed by atoms with van der Waals surface area (Å²) in [6.45, 7) is 1.97. The van der Waals surface area contributed by atoms with Crippen molar-refractivity contribution < 1.29 is 5.11 Å². The van der Waals surface area contributed by atoms with E-state index in [1.807, 2.05) is 37.3 Å². The molecular weight excluding hydrogens is 200 g/mol. The number of phenols is 1. The third-order valence-electron chi connectivity index (χ3n) is 2.52. The van der Waals surface area contributed by atoms with E-state index >= 15 is 0 Å². The van der Waals surface area contributed by atoms with Gasteiger partial charge in [0.05, 0.1) is 11.7 Å². The van der Waals surface area contributed by atoms with Gasteiger partial charge in [0.1, 0.15) is 5.75 Å². The van der Waals surface area contributed by atoms with Crippen molar-refractivity contribution in [1.82, 2.24) is 4.98 Å². The molecule has 0 saturated heterocycles. The number of rotatable bonds is 2. The molecule has 2 rings (SSSR count). The molecule has 1 unspecified atom stereocenters. The monoisotopic (exact) mass is 214 g/mol. The van der Waals surface area contributed by atoms with Gasteiger partial charge in [-0.3, -0.25) is 4.98 Å². The largest absolute Gasteiger partial charge is 0.508 e. The second-order valence-corrected chi connectivity index (χ2v) is 3.79. The van der Waals surface area contributed by atoms with Gasteiger partial charge in [0.2, 0.25) is 0 Å². The van der Waals surface area contributed by atoms with Crippen LogP contribution in [0.3, 0.4) is 0 Å². The third kappa shape index (κ3) is 2.04. The van der Waals surface area contributed by atoms with Crippen LogP contribution >= 0.6 is 0 Å². The van der Waals surface area contributed by atoms with Crippen molar-refractivity contribution in [1.29, 1.82) is 0 Å². The Balaban J connectivity index is 2.41. The van der Waals surface area contributed by atoms with Gasteiger partial charge in [0.25, 0.3) is 0 Å². The van der Waals surface area contributed by atoms with Crippen molar-refractivity contribution in [2.75, 3.05) is 0 Å². The molecule has 16 heavy (non-hydrogen) atoms. The molecule has 0 saturated carbocycles. The quantitative estimate of drug-likeness (QED) is 0.805. The van der Waals surface area contributed by atoms with Crippen molar-refractivity contribution in [2.24, 2.45) is 5.73 Å². The average Bonchev–Trinajstić information content (AvgIpc) is 2.32. The van der Waals surface area contributed by atoms with Gasteiger partial charge in [0, 0.05) is 11.8 Å². The molecule has 0 aliphatic heterocycles. The first-order valence-electron chi connectivity index (χ1n) is 5.14.